The van der Waals surface area contributed by atoms with Crippen LogP contribution in [0.2, 0.25) is 0 Å². The second-order valence-electron chi connectivity index (χ2n) is 6.41. The maximum Gasteiger partial charge on any atom is 0.255 e. The molecule has 0 saturated heterocycles. The molecule has 4 nitrogen and oxygen atoms in total. The van der Waals surface area contributed by atoms with Gasteiger partial charge in [-0.3, -0.25) is 9.59 Å². The van der Waals surface area contributed by atoms with Crippen LogP contribution in [0.15, 0.2) is 72.8 Å². The lowest BCUT2D eigenvalue weighted by Crippen LogP contribution is -2.14. The SMILES string of the molecule is CCc1ccc(NC(=O)c2ccc(C(=O)Nc3cccc(C)c3)cc2)cc1. The summed E-state index contributed by atoms with van der Waals surface area (Å²) < 4.78 is 0. The van der Waals surface area contributed by atoms with E-state index >= 15 is 0 Å². The minimum atomic E-state index is -0.206. The summed E-state index contributed by atoms with van der Waals surface area (Å²) in [7, 11) is 0. The Morgan fingerprint density at radius 3 is 1.81 bits per heavy atom. The first-order valence-electron chi connectivity index (χ1n) is 8.93. The van der Waals surface area contributed by atoms with Crippen molar-refractivity contribution in [3.8, 4) is 0 Å². The summed E-state index contributed by atoms with van der Waals surface area (Å²) in [5.74, 6) is -0.410. The number of aryl methyl sites for hydroxylation is 2. The number of amides is 2. The molecule has 136 valence electrons. The summed E-state index contributed by atoms with van der Waals surface area (Å²) in [4.78, 5) is 24.7. The highest BCUT2D eigenvalue weighted by atomic mass is 16.2. The molecule has 0 aliphatic heterocycles. The molecular formula is C23H22N2O2. The Balaban J connectivity index is 1.65. The Labute approximate surface area is 159 Å². The third kappa shape index (κ3) is 4.82. The molecule has 2 N–H and O–H groups in total. The average molecular weight is 358 g/mol. The monoisotopic (exact) mass is 358 g/mol. The van der Waals surface area contributed by atoms with Crippen molar-refractivity contribution in [2.75, 3.05) is 10.6 Å². The third-order valence-electron chi connectivity index (χ3n) is 4.31. The summed E-state index contributed by atoms with van der Waals surface area (Å²) in [5, 5.41) is 5.72. The molecule has 2 amide bonds. The van der Waals surface area contributed by atoms with Gasteiger partial charge in [-0.2, -0.15) is 0 Å². The first-order valence-corrected chi connectivity index (χ1v) is 8.93. The molecule has 0 radical (unpaired) electrons. The number of carbonyl (C=O) groups is 2. The van der Waals surface area contributed by atoms with E-state index in [9.17, 15) is 9.59 Å². The van der Waals surface area contributed by atoms with Crippen LogP contribution in [0.4, 0.5) is 11.4 Å². The lowest BCUT2D eigenvalue weighted by atomic mass is 10.1. The number of anilines is 2. The zero-order chi connectivity index (χ0) is 19.2. The summed E-state index contributed by atoms with van der Waals surface area (Å²) in [6.07, 6.45) is 0.959. The molecule has 3 rings (SSSR count). The number of hydrogen-bond acceptors (Lipinski definition) is 2. The van der Waals surface area contributed by atoms with Crippen molar-refractivity contribution in [1.29, 1.82) is 0 Å². The van der Waals surface area contributed by atoms with Gasteiger partial charge in [-0.15, -0.1) is 0 Å². The number of carbonyl (C=O) groups excluding carboxylic acids is 2. The van der Waals surface area contributed by atoms with Gasteiger partial charge in [-0.05, 0) is 73.0 Å². The second-order valence-corrected chi connectivity index (χ2v) is 6.41. The lowest BCUT2D eigenvalue weighted by Gasteiger charge is -2.08. The van der Waals surface area contributed by atoms with E-state index in [1.165, 1.54) is 5.56 Å². The smallest absolute Gasteiger partial charge is 0.255 e. The summed E-state index contributed by atoms with van der Waals surface area (Å²) >= 11 is 0. The lowest BCUT2D eigenvalue weighted by molar-refractivity contribution is 0.101. The van der Waals surface area contributed by atoms with Crippen LogP contribution in [0.1, 0.15) is 38.8 Å². The molecule has 0 atom stereocenters. The van der Waals surface area contributed by atoms with E-state index in [2.05, 4.69) is 17.6 Å². The van der Waals surface area contributed by atoms with Gasteiger partial charge in [0.05, 0.1) is 0 Å². The van der Waals surface area contributed by atoms with Gasteiger partial charge in [-0.1, -0.05) is 31.2 Å². The zero-order valence-electron chi connectivity index (χ0n) is 15.5. The molecular weight excluding hydrogens is 336 g/mol. The van der Waals surface area contributed by atoms with Gasteiger partial charge >= 0.3 is 0 Å². The molecule has 0 heterocycles. The van der Waals surface area contributed by atoms with Crippen LogP contribution in [-0.2, 0) is 6.42 Å². The molecule has 0 aliphatic carbocycles. The molecule has 0 spiro atoms. The fourth-order valence-corrected chi connectivity index (χ4v) is 2.73. The summed E-state index contributed by atoms with van der Waals surface area (Å²) in [6.45, 7) is 4.06. The van der Waals surface area contributed by atoms with Crippen LogP contribution >= 0.6 is 0 Å². The van der Waals surface area contributed by atoms with Crippen molar-refractivity contribution in [2.45, 2.75) is 20.3 Å². The van der Waals surface area contributed by atoms with Crippen molar-refractivity contribution in [1.82, 2.24) is 0 Å². The van der Waals surface area contributed by atoms with Gasteiger partial charge in [0.25, 0.3) is 11.8 Å². The van der Waals surface area contributed by atoms with Crippen molar-refractivity contribution >= 4 is 23.2 Å². The van der Waals surface area contributed by atoms with Gasteiger partial charge in [0, 0.05) is 22.5 Å². The van der Waals surface area contributed by atoms with Crippen LogP contribution in [0.3, 0.4) is 0 Å². The van der Waals surface area contributed by atoms with E-state index in [1.54, 1.807) is 24.3 Å². The first kappa shape index (κ1) is 18.4. The predicted molar refractivity (Wildman–Crippen MR) is 109 cm³/mol. The Morgan fingerprint density at radius 1 is 0.741 bits per heavy atom. The molecule has 3 aromatic rings. The van der Waals surface area contributed by atoms with Crippen LogP contribution < -0.4 is 10.6 Å². The van der Waals surface area contributed by atoms with E-state index in [-0.39, 0.29) is 11.8 Å². The molecule has 4 heteroatoms. The van der Waals surface area contributed by atoms with Crippen LogP contribution in [0.25, 0.3) is 0 Å². The van der Waals surface area contributed by atoms with E-state index in [1.807, 2.05) is 55.5 Å². The average Bonchev–Trinajstić information content (AvgIpc) is 2.68. The number of nitrogens with one attached hydrogen (secondary N) is 2. The molecule has 3 aromatic carbocycles. The highest BCUT2D eigenvalue weighted by Gasteiger charge is 2.10. The fourth-order valence-electron chi connectivity index (χ4n) is 2.73. The standard InChI is InChI=1S/C23H22N2O2/c1-3-17-7-13-20(14-8-17)24-22(26)18-9-11-19(12-10-18)23(27)25-21-6-4-5-16(2)15-21/h4-15H,3H2,1-2H3,(H,24,26)(H,25,27). The Kier molecular flexibility index (Phi) is 5.67. The quantitative estimate of drug-likeness (QED) is 0.669. The number of benzene rings is 3. The third-order valence-corrected chi connectivity index (χ3v) is 4.31. The first-order chi connectivity index (χ1) is 13.0. The molecule has 0 unspecified atom stereocenters. The van der Waals surface area contributed by atoms with Crippen molar-refractivity contribution in [3.05, 3.63) is 95.1 Å². The minimum Gasteiger partial charge on any atom is -0.322 e. The largest absolute Gasteiger partial charge is 0.322 e. The molecule has 0 aromatic heterocycles. The number of rotatable bonds is 5. The van der Waals surface area contributed by atoms with Gasteiger partial charge in [0.15, 0.2) is 0 Å². The van der Waals surface area contributed by atoms with Gasteiger partial charge < -0.3 is 10.6 Å². The van der Waals surface area contributed by atoms with E-state index in [0.29, 0.717) is 11.1 Å². The molecule has 0 fully saturated rings. The summed E-state index contributed by atoms with van der Waals surface area (Å²) in [5.41, 5.74) is 4.79. The summed E-state index contributed by atoms with van der Waals surface area (Å²) in [6, 6.07) is 22.0. The fraction of sp³-hybridized carbons (Fsp3) is 0.130. The van der Waals surface area contributed by atoms with Crippen molar-refractivity contribution < 1.29 is 9.59 Å². The topological polar surface area (TPSA) is 58.2 Å². The zero-order valence-corrected chi connectivity index (χ0v) is 15.5. The van der Waals surface area contributed by atoms with Crippen LogP contribution in [0, 0.1) is 6.92 Å². The molecule has 0 aliphatic rings. The highest BCUT2D eigenvalue weighted by molar-refractivity contribution is 6.07. The van der Waals surface area contributed by atoms with E-state index in [4.69, 9.17) is 0 Å². The van der Waals surface area contributed by atoms with Gasteiger partial charge in [-0.25, -0.2) is 0 Å². The normalized spacial score (nSPS) is 10.3. The number of hydrogen-bond donors (Lipinski definition) is 2. The van der Waals surface area contributed by atoms with Crippen LogP contribution in [0.5, 0.6) is 0 Å². The Hall–Kier alpha value is -3.40. The molecule has 0 saturated carbocycles. The van der Waals surface area contributed by atoms with Gasteiger partial charge in [0.2, 0.25) is 0 Å². The van der Waals surface area contributed by atoms with Gasteiger partial charge in [0.1, 0.15) is 0 Å². The Morgan fingerprint density at radius 2 is 1.30 bits per heavy atom. The van der Waals surface area contributed by atoms with E-state index < -0.39 is 0 Å². The van der Waals surface area contributed by atoms with Crippen LogP contribution in [-0.4, -0.2) is 11.8 Å². The highest BCUT2D eigenvalue weighted by Crippen LogP contribution is 2.14. The van der Waals surface area contributed by atoms with Crippen molar-refractivity contribution in [2.24, 2.45) is 0 Å². The minimum absolute atomic E-state index is 0.204. The van der Waals surface area contributed by atoms with E-state index in [0.717, 1.165) is 23.4 Å². The Bertz CT molecular complexity index is 945. The van der Waals surface area contributed by atoms with Crippen molar-refractivity contribution in [3.63, 3.8) is 0 Å². The molecule has 0 bridgehead atoms. The maximum absolute atomic E-state index is 12.4. The second kappa shape index (κ2) is 8.32. The maximum atomic E-state index is 12.4. The predicted octanol–water partition coefficient (Wildman–Crippen LogP) is 5.06. The molecule has 27 heavy (non-hydrogen) atoms.